The van der Waals surface area contributed by atoms with E-state index in [1.807, 2.05) is 0 Å². The number of sulfonamides is 1. The van der Waals surface area contributed by atoms with Crippen LogP contribution in [0.4, 0.5) is 35.0 Å². The van der Waals surface area contributed by atoms with Crippen LogP contribution in [0.1, 0.15) is 12.6 Å². The zero-order chi connectivity index (χ0) is 27.9. The molecule has 0 aliphatic rings. The average molecular weight is 558 g/mol. The molecule has 10 nitrogen and oxygen atoms in total. The SMILES string of the molecule is COC(=O)[C@@H](C)Oc1ccc(S(=O)(=O)NCCNc2nc(Nc3ccc(F)cc3)cc(C(F)(F)F)n2)cc1. The summed E-state index contributed by atoms with van der Waals surface area (Å²) in [4.78, 5) is 18.7. The number of aromatic nitrogens is 2. The Hall–Kier alpha value is -3.98. The normalized spacial score (nSPS) is 12.5. The third kappa shape index (κ3) is 8.01. The fourth-order valence-corrected chi connectivity index (χ4v) is 4.01. The molecule has 1 heterocycles. The second-order valence-corrected chi connectivity index (χ2v) is 9.44. The van der Waals surface area contributed by atoms with Gasteiger partial charge in [-0.25, -0.2) is 27.3 Å². The lowest BCUT2D eigenvalue weighted by molar-refractivity contribution is -0.148. The van der Waals surface area contributed by atoms with Crippen LogP contribution in [0.3, 0.4) is 0 Å². The van der Waals surface area contributed by atoms with E-state index >= 15 is 0 Å². The van der Waals surface area contributed by atoms with Gasteiger partial charge < -0.3 is 20.1 Å². The zero-order valence-electron chi connectivity index (χ0n) is 20.0. The highest BCUT2D eigenvalue weighted by atomic mass is 32.2. The molecule has 204 valence electrons. The Balaban J connectivity index is 1.61. The average Bonchev–Trinajstić information content (AvgIpc) is 2.87. The van der Waals surface area contributed by atoms with E-state index in [1.165, 1.54) is 50.4 Å². The maximum atomic E-state index is 13.3. The minimum absolute atomic E-state index is 0.100. The van der Waals surface area contributed by atoms with Crippen molar-refractivity contribution in [3.05, 3.63) is 66.1 Å². The van der Waals surface area contributed by atoms with Gasteiger partial charge in [-0.2, -0.15) is 18.2 Å². The van der Waals surface area contributed by atoms with Gasteiger partial charge in [0.05, 0.1) is 12.0 Å². The predicted octanol–water partition coefficient (Wildman–Crippen LogP) is 3.71. The summed E-state index contributed by atoms with van der Waals surface area (Å²) in [6, 6.07) is 10.8. The summed E-state index contributed by atoms with van der Waals surface area (Å²) in [7, 11) is -2.76. The van der Waals surface area contributed by atoms with Crippen LogP contribution in [0, 0.1) is 5.82 Å². The van der Waals surface area contributed by atoms with Crippen molar-refractivity contribution < 1.29 is 40.2 Å². The molecule has 1 atom stereocenters. The van der Waals surface area contributed by atoms with Gasteiger partial charge in [-0.1, -0.05) is 0 Å². The van der Waals surface area contributed by atoms with Crippen LogP contribution in [-0.4, -0.2) is 50.7 Å². The number of rotatable bonds is 11. The number of esters is 1. The van der Waals surface area contributed by atoms with E-state index < -0.39 is 45.7 Å². The summed E-state index contributed by atoms with van der Waals surface area (Å²) in [6.07, 6.45) is -5.67. The molecule has 0 spiro atoms. The van der Waals surface area contributed by atoms with Gasteiger partial charge in [0.25, 0.3) is 0 Å². The summed E-state index contributed by atoms with van der Waals surface area (Å²) in [5, 5.41) is 5.19. The summed E-state index contributed by atoms with van der Waals surface area (Å²) >= 11 is 0. The number of methoxy groups -OCH3 is 1. The first-order valence-electron chi connectivity index (χ1n) is 10.9. The molecule has 0 unspecified atom stereocenters. The molecule has 0 amide bonds. The molecule has 1 aromatic heterocycles. The van der Waals surface area contributed by atoms with Gasteiger partial charge in [-0.05, 0) is 55.5 Å². The maximum Gasteiger partial charge on any atom is 0.433 e. The summed E-state index contributed by atoms with van der Waals surface area (Å²) in [5.41, 5.74) is -0.933. The largest absolute Gasteiger partial charge is 0.479 e. The van der Waals surface area contributed by atoms with Crippen LogP contribution in [0.2, 0.25) is 0 Å². The van der Waals surface area contributed by atoms with Crippen LogP contribution in [0.15, 0.2) is 59.5 Å². The first-order valence-corrected chi connectivity index (χ1v) is 12.4. The molecule has 0 saturated heterocycles. The number of benzene rings is 2. The van der Waals surface area contributed by atoms with Crippen molar-refractivity contribution in [2.24, 2.45) is 0 Å². The molecular weight excluding hydrogens is 534 g/mol. The summed E-state index contributed by atoms with van der Waals surface area (Å²) in [6.45, 7) is 1.12. The van der Waals surface area contributed by atoms with Crippen LogP contribution >= 0.6 is 0 Å². The summed E-state index contributed by atoms with van der Waals surface area (Å²) < 4.78 is 90.3. The van der Waals surface area contributed by atoms with Crippen LogP contribution < -0.4 is 20.1 Å². The standard InChI is InChI=1S/C23H23F4N5O5S/c1-14(21(33)36-2)37-17-7-9-18(10-8-17)38(34,35)29-12-11-28-22-31-19(23(25,26)27)13-20(32-22)30-16-5-3-15(24)4-6-16/h3-10,13-14,29H,11-12H2,1-2H3,(H2,28,30,31,32)/t14-/m1/s1. The molecule has 0 fully saturated rings. The van der Waals surface area contributed by atoms with Crippen molar-refractivity contribution in [1.82, 2.24) is 14.7 Å². The minimum atomic E-state index is -4.77. The lowest BCUT2D eigenvalue weighted by Crippen LogP contribution is -2.29. The fourth-order valence-electron chi connectivity index (χ4n) is 2.98. The highest BCUT2D eigenvalue weighted by Crippen LogP contribution is 2.30. The maximum absolute atomic E-state index is 13.3. The number of carbonyl (C=O) groups is 1. The van der Waals surface area contributed by atoms with E-state index in [9.17, 15) is 30.8 Å². The molecule has 0 radical (unpaired) electrons. The van der Waals surface area contributed by atoms with E-state index in [-0.39, 0.29) is 29.6 Å². The molecule has 0 aliphatic carbocycles. The van der Waals surface area contributed by atoms with Gasteiger partial charge in [0, 0.05) is 24.8 Å². The Kier molecular flexibility index (Phi) is 9.06. The first kappa shape index (κ1) is 28.6. The molecule has 0 aliphatic heterocycles. The number of alkyl halides is 3. The third-order valence-corrected chi connectivity index (χ3v) is 6.29. The minimum Gasteiger partial charge on any atom is -0.479 e. The van der Waals surface area contributed by atoms with Crippen molar-refractivity contribution in [1.29, 1.82) is 0 Å². The molecule has 0 saturated carbocycles. The Morgan fingerprint density at radius 1 is 1.03 bits per heavy atom. The van der Waals surface area contributed by atoms with E-state index in [0.717, 1.165) is 12.1 Å². The van der Waals surface area contributed by atoms with E-state index in [4.69, 9.17) is 4.74 Å². The molecule has 15 heteroatoms. The quantitative estimate of drug-likeness (QED) is 0.183. The van der Waals surface area contributed by atoms with Gasteiger partial charge >= 0.3 is 12.1 Å². The summed E-state index contributed by atoms with van der Waals surface area (Å²) in [5.74, 6) is -1.47. The second kappa shape index (κ2) is 12.0. The first-order chi connectivity index (χ1) is 17.9. The van der Waals surface area contributed by atoms with Crippen LogP contribution in [-0.2, 0) is 25.7 Å². The van der Waals surface area contributed by atoms with Crippen LogP contribution in [0.25, 0.3) is 0 Å². The van der Waals surface area contributed by atoms with Gasteiger partial charge in [0.2, 0.25) is 16.0 Å². The second-order valence-electron chi connectivity index (χ2n) is 7.67. The number of hydrogen-bond acceptors (Lipinski definition) is 9. The lowest BCUT2D eigenvalue weighted by atomic mass is 10.3. The topological polar surface area (TPSA) is 132 Å². The molecule has 0 bridgehead atoms. The van der Waals surface area contributed by atoms with E-state index in [0.29, 0.717) is 11.8 Å². The Morgan fingerprint density at radius 2 is 1.68 bits per heavy atom. The van der Waals surface area contributed by atoms with Gasteiger partial charge in [-0.3, -0.25) is 0 Å². The number of hydrogen-bond donors (Lipinski definition) is 3. The van der Waals surface area contributed by atoms with E-state index in [2.05, 4.69) is 30.1 Å². The highest BCUT2D eigenvalue weighted by Gasteiger charge is 2.33. The smallest absolute Gasteiger partial charge is 0.433 e. The van der Waals surface area contributed by atoms with Gasteiger partial charge in [-0.15, -0.1) is 0 Å². The molecular formula is C23H23F4N5O5S. The number of anilines is 3. The van der Waals surface area contributed by atoms with E-state index in [1.54, 1.807) is 0 Å². The monoisotopic (exact) mass is 557 g/mol. The number of carbonyl (C=O) groups excluding carboxylic acids is 1. The lowest BCUT2D eigenvalue weighted by Gasteiger charge is -2.14. The van der Waals surface area contributed by atoms with Gasteiger partial charge in [0.1, 0.15) is 17.4 Å². The molecule has 3 rings (SSSR count). The highest BCUT2D eigenvalue weighted by molar-refractivity contribution is 7.89. The number of nitrogens with one attached hydrogen (secondary N) is 3. The fraction of sp³-hybridized carbons (Fsp3) is 0.261. The molecule has 2 aromatic carbocycles. The Morgan fingerprint density at radius 3 is 2.29 bits per heavy atom. The number of ether oxygens (including phenoxy) is 2. The molecule has 38 heavy (non-hydrogen) atoms. The van der Waals surface area contributed by atoms with Crippen molar-refractivity contribution in [2.45, 2.75) is 24.1 Å². The molecule has 3 N–H and O–H groups in total. The van der Waals surface area contributed by atoms with Crippen molar-refractivity contribution in [3.8, 4) is 5.75 Å². The zero-order valence-corrected chi connectivity index (χ0v) is 20.9. The Bertz CT molecular complexity index is 1350. The van der Waals surface area contributed by atoms with Crippen molar-refractivity contribution in [2.75, 3.05) is 30.8 Å². The predicted molar refractivity (Wildman–Crippen MR) is 129 cm³/mol. The molecule has 3 aromatic rings. The van der Waals surface area contributed by atoms with Crippen molar-refractivity contribution >= 4 is 33.4 Å². The Labute approximate surface area is 215 Å². The van der Waals surface area contributed by atoms with Crippen LogP contribution in [0.5, 0.6) is 5.75 Å². The number of halogens is 4. The van der Waals surface area contributed by atoms with Gasteiger partial charge in [0.15, 0.2) is 11.8 Å². The third-order valence-electron chi connectivity index (χ3n) is 4.81. The number of nitrogens with zero attached hydrogens (tertiary/aromatic N) is 2. The van der Waals surface area contributed by atoms with Crippen molar-refractivity contribution in [3.63, 3.8) is 0 Å².